The van der Waals surface area contributed by atoms with Crippen molar-refractivity contribution < 1.29 is 4.92 Å². The van der Waals surface area contributed by atoms with Crippen molar-refractivity contribution in [2.45, 2.75) is 37.8 Å². The number of rotatable bonds is 6. The van der Waals surface area contributed by atoms with Crippen LogP contribution in [0, 0.1) is 10.1 Å². The molecule has 0 amide bonds. The largest absolute Gasteiger partial charge is 0.311 e. The lowest BCUT2D eigenvalue weighted by Gasteiger charge is -2.36. The van der Waals surface area contributed by atoms with Gasteiger partial charge in [0.2, 0.25) is 0 Å². The Bertz CT molecular complexity index is 514. The summed E-state index contributed by atoms with van der Waals surface area (Å²) in [6.45, 7) is 1.38. The molecule has 0 spiro atoms. The van der Waals surface area contributed by atoms with Gasteiger partial charge in [0.15, 0.2) is 0 Å². The number of nitro benzene ring substituents is 1. The Labute approximate surface area is 134 Å². The zero-order chi connectivity index (χ0) is 15.5. The molecule has 1 saturated carbocycles. The molecule has 0 heterocycles. The normalized spacial score (nSPS) is 17.3. The van der Waals surface area contributed by atoms with Crippen LogP contribution in [-0.2, 0) is 6.54 Å². The molecular weight excluding hydrogens is 334 g/mol. The molecule has 0 aromatic heterocycles. The van der Waals surface area contributed by atoms with Crippen molar-refractivity contribution in [3.05, 3.63) is 38.3 Å². The van der Waals surface area contributed by atoms with Gasteiger partial charge in [0, 0.05) is 34.7 Å². The predicted molar refractivity (Wildman–Crippen MR) is 87.4 cm³/mol. The van der Waals surface area contributed by atoms with Gasteiger partial charge in [0.1, 0.15) is 0 Å². The van der Waals surface area contributed by atoms with Crippen LogP contribution >= 0.6 is 15.9 Å². The molecule has 116 valence electrons. The van der Waals surface area contributed by atoms with Gasteiger partial charge in [-0.1, -0.05) is 28.8 Å². The van der Waals surface area contributed by atoms with Gasteiger partial charge in [0.25, 0.3) is 5.69 Å². The van der Waals surface area contributed by atoms with E-state index in [0.29, 0.717) is 6.54 Å². The van der Waals surface area contributed by atoms with E-state index < -0.39 is 0 Å². The highest BCUT2D eigenvalue weighted by atomic mass is 79.9. The van der Waals surface area contributed by atoms with Crippen LogP contribution in [0.1, 0.15) is 31.2 Å². The fourth-order valence-electron chi connectivity index (χ4n) is 3.12. The Morgan fingerprint density at radius 1 is 1.38 bits per heavy atom. The Morgan fingerprint density at radius 2 is 2.05 bits per heavy atom. The summed E-state index contributed by atoms with van der Waals surface area (Å²) in [4.78, 5) is 13.1. The Morgan fingerprint density at radius 3 is 2.62 bits per heavy atom. The van der Waals surface area contributed by atoms with Crippen LogP contribution in [0.5, 0.6) is 0 Å². The smallest absolute Gasteiger partial charge is 0.273 e. The first kappa shape index (κ1) is 16.4. The molecule has 0 saturated heterocycles. The van der Waals surface area contributed by atoms with E-state index in [4.69, 9.17) is 0 Å². The zero-order valence-corrected chi connectivity index (χ0v) is 14.1. The number of benzene rings is 1. The van der Waals surface area contributed by atoms with Crippen molar-refractivity contribution in [2.75, 3.05) is 20.6 Å². The van der Waals surface area contributed by atoms with E-state index in [-0.39, 0.29) is 16.1 Å². The number of nitro groups is 1. The first-order chi connectivity index (χ1) is 9.94. The molecule has 1 fully saturated rings. The summed E-state index contributed by atoms with van der Waals surface area (Å²) < 4.78 is 0.869. The fraction of sp³-hybridized carbons (Fsp3) is 0.600. The maximum Gasteiger partial charge on any atom is 0.273 e. The first-order valence-electron chi connectivity index (χ1n) is 7.26. The minimum absolute atomic E-state index is 0.177. The molecule has 0 unspecified atom stereocenters. The van der Waals surface area contributed by atoms with E-state index in [2.05, 4.69) is 40.2 Å². The van der Waals surface area contributed by atoms with Gasteiger partial charge < -0.3 is 10.2 Å². The van der Waals surface area contributed by atoms with Crippen LogP contribution in [0.2, 0.25) is 0 Å². The van der Waals surface area contributed by atoms with E-state index in [1.54, 1.807) is 12.1 Å². The zero-order valence-electron chi connectivity index (χ0n) is 12.6. The lowest BCUT2D eigenvalue weighted by molar-refractivity contribution is -0.385. The van der Waals surface area contributed by atoms with Gasteiger partial charge in [-0.05, 0) is 39.1 Å². The van der Waals surface area contributed by atoms with Crippen molar-refractivity contribution in [3.8, 4) is 0 Å². The summed E-state index contributed by atoms with van der Waals surface area (Å²) in [6.07, 6.45) is 4.90. The molecule has 1 aromatic rings. The minimum Gasteiger partial charge on any atom is -0.311 e. The molecule has 0 aliphatic heterocycles. The molecule has 21 heavy (non-hydrogen) atoms. The molecule has 0 atom stereocenters. The molecule has 1 aliphatic carbocycles. The second-order valence-electron chi connectivity index (χ2n) is 5.96. The van der Waals surface area contributed by atoms with E-state index in [1.807, 2.05) is 6.07 Å². The highest BCUT2D eigenvalue weighted by molar-refractivity contribution is 9.10. The van der Waals surface area contributed by atoms with Gasteiger partial charge >= 0.3 is 0 Å². The van der Waals surface area contributed by atoms with Crippen molar-refractivity contribution in [2.24, 2.45) is 0 Å². The third-order valence-electron chi connectivity index (χ3n) is 4.49. The lowest BCUT2D eigenvalue weighted by atomic mass is 9.96. The maximum atomic E-state index is 11.1. The summed E-state index contributed by atoms with van der Waals surface area (Å²) in [6, 6.07) is 5.08. The Kier molecular flexibility index (Phi) is 5.35. The second kappa shape index (κ2) is 6.85. The third kappa shape index (κ3) is 3.81. The number of nitrogens with one attached hydrogen (secondary N) is 1. The van der Waals surface area contributed by atoms with Crippen LogP contribution in [0.25, 0.3) is 0 Å². The monoisotopic (exact) mass is 355 g/mol. The fourth-order valence-corrected chi connectivity index (χ4v) is 3.53. The van der Waals surface area contributed by atoms with E-state index in [0.717, 1.165) is 16.6 Å². The van der Waals surface area contributed by atoms with Crippen LogP contribution < -0.4 is 5.32 Å². The van der Waals surface area contributed by atoms with Crippen LogP contribution in [-0.4, -0.2) is 36.0 Å². The van der Waals surface area contributed by atoms with Crippen molar-refractivity contribution >= 4 is 21.6 Å². The van der Waals surface area contributed by atoms with E-state index in [9.17, 15) is 10.1 Å². The lowest BCUT2D eigenvalue weighted by Crippen LogP contribution is -2.49. The molecule has 0 bridgehead atoms. The molecule has 5 nitrogen and oxygen atoms in total. The first-order valence-corrected chi connectivity index (χ1v) is 8.05. The summed E-state index contributed by atoms with van der Waals surface area (Å²) in [5, 5.41) is 14.5. The average Bonchev–Trinajstić information content (AvgIpc) is 2.88. The van der Waals surface area contributed by atoms with E-state index in [1.165, 1.54) is 25.7 Å². The second-order valence-corrected chi connectivity index (χ2v) is 6.88. The van der Waals surface area contributed by atoms with Gasteiger partial charge in [-0.15, -0.1) is 0 Å². The molecular formula is C15H22BrN3O2. The van der Waals surface area contributed by atoms with Gasteiger partial charge in [-0.3, -0.25) is 10.1 Å². The number of halogens is 1. The van der Waals surface area contributed by atoms with Crippen LogP contribution in [0.3, 0.4) is 0 Å². The minimum atomic E-state index is -0.319. The average molecular weight is 356 g/mol. The number of hydrogen-bond acceptors (Lipinski definition) is 4. The van der Waals surface area contributed by atoms with Crippen molar-refractivity contribution in [1.82, 2.24) is 10.2 Å². The predicted octanol–water partition coefficient (Wildman–Crippen LogP) is 3.32. The number of likely N-dealkylation sites (N-methyl/N-ethyl adjacent to an activating group) is 1. The standard InChI is InChI=1S/C15H22BrN3O2/c1-18(2)15(7-3-4-8-15)11-17-10-12-9-13(16)5-6-14(12)19(20)21/h5-6,9,17H,3-4,7-8,10-11H2,1-2H3. The molecule has 0 radical (unpaired) electrons. The topological polar surface area (TPSA) is 58.4 Å². The summed E-state index contributed by atoms with van der Waals surface area (Å²) in [5.74, 6) is 0. The van der Waals surface area contributed by atoms with Gasteiger partial charge in [-0.25, -0.2) is 0 Å². The van der Waals surface area contributed by atoms with Crippen LogP contribution in [0.15, 0.2) is 22.7 Å². The molecule has 1 aliphatic rings. The Hall–Kier alpha value is -0.980. The van der Waals surface area contributed by atoms with E-state index >= 15 is 0 Å². The molecule has 1 N–H and O–H groups in total. The van der Waals surface area contributed by atoms with Crippen molar-refractivity contribution in [3.63, 3.8) is 0 Å². The SMILES string of the molecule is CN(C)C1(CNCc2cc(Br)ccc2[N+](=O)[O-])CCCC1. The van der Waals surface area contributed by atoms with Crippen LogP contribution in [0.4, 0.5) is 5.69 Å². The third-order valence-corrected chi connectivity index (χ3v) is 4.98. The highest BCUT2D eigenvalue weighted by Gasteiger charge is 2.35. The summed E-state index contributed by atoms with van der Waals surface area (Å²) >= 11 is 3.38. The molecule has 6 heteroatoms. The number of nitrogens with zero attached hydrogens (tertiary/aromatic N) is 2. The Balaban J connectivity index is 2.03. The maximum absolute atomic E-state index is 11.1. The van der Waals surface area contributed by atoms with Gasteiger partial charge in [-0.2, -0.15) is 0 Å². The summed E-state index contributed by atoms with van der Waals surface area (Å²) in [7, 11) is 4.24. The number of hydrogen-bond donors (Lipinski definition) is 1. The highest BCUT2D eigenvalue weighted by Crippen LogP contribution is 2.33. The quantitative estimate of drug-likeness (QED) is 0.628. The summed E-state index contributed by atoms with van der Waals surface area (Å²) in [5.41, 5.74) is 1.10. The molecule has 2 rings (SSSR count). The van der Waals surface area contributed by atoms with Crippen molar-refractivity contribution in [1.29, 1.82) is 0 Å². The van der Waals surface area contributed by atoms with Gasteiger partial charge in [0.05, 0.1) is 4.92 Å². The molecule has 1 aromatic carbocycles.